The first-order chi connectivity index (χ1) is 8.99. The molecular weight excluding hydrogens is 302 g/mol. The highest BCUT2D eigenvalue weighted by molar-refractivity contribution is 9.10. The number of amides is 1. The van der Waals surface area contributed by atoms with E-state index in [1.54, 1.807) is 0 Å². The van der Waals surface area contributed by atoms with E-state index in [0.29, 0.717) is 5.56 Å². The Labute approximate surface area is 122 Å². The number of nitrogens with one attached hydrogen (secondary N) is 1. The molecule has 0 spiro atoms. The maximum Gasteiger partial charge on any atom is 0.256 e. The van der Waals surface area contributed by atoms with Crippen LogP contribution in [0.4, 0.5) is 5.69 Å². The van der Waals surface area contributed by atoms with Crippen molar-refractivity contribution >= 4 is 27.5 Å². The summed E-state index contributed by atoms with van der Waals surface area (Å²) in [4.78, 5) is 12.3. The van der Waals surface area contributed by atoms with Crippen molar-refractivity contribution in [2.24, 2.45) is 0 Å². The van der Waals surface area contributed by atoms with Gasteiger partial charge in [0.2, 0.25) is 0 Å². The number of carbonyl (C=O) groups is 1. The molecule has 0 heterocycles. The maximum absolute atomic E-state index is 12.3. The summed E-state index contributed by atoms with van der Waals surface area (Å²) in [6.07, 6.45) is 0. The number of halogens is 1. The van der Waals surface area contributed by atoms with Crippen molar-refractivity contribution in [1.82, 2.24) is 0 Å². The average molecular weight is 318 g/mol. The third kappa shape index (κ3) is 3.04. The van der Waals surface area contributed by atoms with E-state index in [2.05, 4.69) is 21.2 Å². The molecule has 1 N–H and O–H groups in total. The van der Waals surface area contributed by atoms with E-state index in [1.165, 1.54) is 5.56 Å². The molecule has 0 radical (unpaired) electrons. The minimum absolute atomic E-state index is 0.0967. The normalized spacial score (nSPS) is 10.3. The van der Waals surface area contributed by atoms with Crippen molar-refractivity contribution in [1.29, 1.82) is 0 Å². The van der Waals surface area contributed by atoms with Crippen LogP contribution < -0.4 is 5.32 Å². The molecule has 98 valence electrons. The first-order valence-corrected chi connectivity index (χ1v) is 6.92. The van der Waals surface area contributed by atoms with E-state index >= 15 is 0 Å². The molecule has 0 atom stereocenters. The quantitative estimate of drug-likeness (QED) is 0.859. The molecule has 1 amide bonds. The Kier molecular flexibility index (Phi) is 4.05. The fourth-order valence-electron chi connectivity index (χ4n) is 1.88. The lowest BCUT2D eigenvalue weighted by Crippen LogP contribution is -2.13. The molecule has 2 rings (SSSR count). The third-order valence-corrected chi connectivity index (χ3v) is 3.88. The molecule has 0 aliphatic carbocycles. The van der Waals surface area contributed by atoms with Crippen molar-refractivity contribution < 1.29 is 4.79 Å². The highest BCUT2D eigenvalue weighted by Gasteiger charge is 2.11. The Balaban J connectivity index is 2.28. The standard InChI is InChI=1S/C16H16BrNO/c1-10-7-8-13(14(17)9-10)16(19)18-15-6-4-5-11(2)12(15)3/h4-9H,1-3H3,(H,18,19). The van der Waals surface area contributed by atoms with E-state index in [-0.39, 0.29) is 5.91 Å². The third-order valence-electron chi connectivity index (χ3n) is 3.22. The second-order valence-corrected chi connectivity index (χ2v) is 5.54. The van der Waals surface area contributed by atoms with Crippen molar-refractivity contribution in [3.8, 4) is 0 Å². The molecule has 0 unspecified atom stereocenters. The lowest BCUT2D eigenvalue weighted by Gasteiger charge is -2.11. The predicted octanol–water partition coefficient (Wildman–Crippen LogP) is 4.63. The largest absolute Gasteiger partial charge is 0.322 e. The SMILES string of the molecule is Cc1ccc(C(=O)Nc2cccc(C)c2C)c(Br)c1. The van der Waals surface area contributed by atoms with Crippen LogP contribution in [0.15, 0.2) is 40.9 Å². The van der Waals surface area contributed by atoms with Gasteiger partial charge in [-0.15, -0.1) is 0 Å². The number of anilines is 1. The molecule has 0 aliphatic heterocycles. The number of aryl methyl sites for hydroxylation is 2. The predicted molar refractivity (Wildman–Crippen MR) is 82.7 cm³/mol. The number of rotatable bonds is 2. The lowest BCUT2D eigenvalue weighted by atomic mass is 10.1. The zero-order valence-corrected chi connectivity index (χ0v) is 12.8. The molecule has 0 fully saturated rings. The number of hydrogen-bond donors (Lipinski definition) is 1. The first kappa shape index (κ1) is 13.8. The van der Waals surface area contributed by atoms with Crippen LogP contribution in [0.2, 0.25) is 0 Å². The average Bonchev–Trinajstić information content (AvgIpc) is 2.34. The van der Waals surface area contributed by atoms with E-state index in [4.69, 9.17) is 0 Å². The molecule has 0 aromatic heterocycles. The van der Waals surface area contributed by atoms with Gasteiger partial charge in [-0.25, -0.2) is 0 Å². The number of benzene rings is 2. The smallest absolute Gasteiger partial charge is 0.256 e. The summed E-state index contributed by atoms with van der Waals surface area (Å²) in [6.45, 7) is 6.04. The second-order valence-electron chi connectivity index (χ2n) is 4.68. The van der Waals surface area contributed by atoms with Gasteiger partial charge < -0.3 is 5.32 Å². The fourth-order valence-corrected chi connectivity index (χ4v) is 2.55. The number of carbonyl (C=O) groups excluding carboxylic acids is 1. The van der Waals surface area contributed by atoms with E-state index in [1.807, 2.05) is 57.2 Å². The topological polar surface area (TPSA) is 29.1 Å². The van der Waals surface area contributed by atoms with Gasteiger partial charge in [0.25, 0.3) is 5.91 Å². The highest BCUT2D eigenvalue weighted by Crippen LogP contribution is 2.22. The Hall–Kier alpha value is -1.61. The van der Waals surface area contributed by atoms with Crippen molar-refractivity contribution in [2.75, 3.05) is 5.32 Å². The number of hydrogen-bond acceptors (Lipinski definition) is 1. The Bertz CT molecular complexity index is 635. The molecule has 2 aromatic carbocycles. The molecule has 19 heavy (non-hydrogen) atoms. The summed E-state index contributed by atoms with van der Waals surface area (Å²) in [5, 5.41) is 2.96. The van der Waals surface area contributed by atoms with Gasteiger partial charge in [0.05, 0.1) is 5.56 Å². The Morgan fingerprint density at radius 1 is 1.11 bits per heavy atom. The molecule has 0 saturated heterocycles. The van der Waals surface area contributed by atoms with Crippen LogP contribution in [0.3, 0.4) is 0 Å². The molecule has 3 heteroatoms. The fraction of sp³-hybridized carbons (Fsp3) is 0.188. The molecule has 2 nitrogen and oxygen atoms in total. The van der Waals surface area contributed by atoms with E-state index in [0.717, 1.165) is 21.3 Å². The van der Waals surface area contributed by atoms with Gasteiger partial charge in [-0.2, -0.15) is 0 Å². The maximum atomic E-state index is 12.3. The van der Waals surface area contributed by atoms with Crippen LogP contribution in [0.1, 0.15) is 27.0 Å². The van der Waals surface area contributed by atoms with Crippen molar-refractivity contribution in [2.45, 2.75) is 20.8 Å². The first-order valence-electron chi connectivity index (χ1n) is 6.13. The van der Waals surface area contributed by atoms with Gasteiger partial charge in [-0.1, -0.05) is 18.2 Å². The second kappa shape index (κ2) is 5.57. The summed E-state index contributed by atoms with van der Waals surface area (Å²) in [7, 11) is 0. The van der Waals surface area contributed by atoms with Gasteiger partial charge >= 0.3 is 0 Å². The Morgan fingerprint density at radius 2 is 1.84 bits per heavy atom. The summed E-state index contributed by atoms with van der Waals surface area (Å²) < 4.78 is 0.815. The summed E-state index contributed by atoms with van der Waals surface area (Å²) >= 11 is 3.43. The summed E-state index contributed by atoms with van der Waals surface area (Å²) in [6, 6.07) is 11.6. The minimum atomic E-state index is -0.0967. The van der Waals surface area contributed by atoms with Crippen LogP contribution in [0.5, 0.6) is 0 Å². The summed E-state index contributed by atoms with van der Waals surface area (Å²) in [5.41, 5.74) is 4.89. The molecule has 0 bridgehead atoms. The van der Waals surface area contributed by atoms with Gasteiger partial charge in [-0.3, -0.25) is 4.79 Å². The Morgan fingerprint density at radius 3 is 2.53 bits per heavy atom. The zero-order chi connectivity index (χ0) is 14.0. The molecule has 0 saturated carbocycles. The van der Waals surface area contributed by atoms with Crippen LogP contribution in [-0.4, -0.2) is 5.91 Å². The highest BCUT2D eigenvalue weighted by atomic mass is 79.9. The molecule has 2 aromatic rings. The zero-order valence-electron chi connectivity index (χ0n) is 11.3. The summed E-state index contributed by atoms with van der Waals surface area (Å²) in [5.74, 6) is -0.0967. The van der Waals surface area contributed by atoms with Crippen LogP contribution in [0.25, 0.3) is 0 Å². The van der Waals surface area contributed by atoms with E-state index < -0.39 is 0 Å². The van der Waals surface area contributed by atoms with Crippen molar-refractivity contribution in [3.05, 3.63) is 63.1 Å². The minimum Gasteiger partial charge on any atom is -0.322 e. The van der Waals surface area contributed by atoms with Gasteiger partial charge in [0.1, 0.15) is 0 Å². The van der Waals surface area contributed by atoms with E-state index in [9.17, 15) is 4.79 Å². The van der Waals surface area contributed by atoms with Crippen LogP contribution in [0, 0.1) is 20.8 Å². The molecule has 0 aliphatic rings. The molecular formula is C16H16BrNO. The van der Waals surface area contributed by atoms with Crippen molar-refractivity contribution in [3.63, 3.8) is 0 Å². The van der Waals surface area contributed by atoms with Crippen LogP contribution >= 0.6 is 15.9 Å². The van der Waals surface area contributed by atoms with Gasteiger partial charge in [-0.05, 0) is 71.6 Å². The monoisotopic (exact) mass is 317 g/mol. The van der Waals surface area contributed by atoms with Gasteiger partial charge in [0, 0.05) is 10.2 Å². The van der Waals surface area contributed by atoms with Crippen LogP contribution in [-0.2, 0) is 0 Å². The lowest BCUT2D eigenvalue weighted by molar-refractivity contribution is 0.102. The van der Waals surface area contributed by atoms with Gasteiger partial charge in [0.15, 0.2) is 0 Å².